The fraction of sp³-hybridized carbons (Fsp3) is 0.143. The van der Waals surface area contributed by atoms with Crippen LogP contribution in [0.5, 0.6) is 5.75 Å². The second kappa shape index (κ2) is 3.00. The van der Waals surface area contributed by atoms with Gasteiger partial charge in [-0.25, -0.2) is 0 Å². The molecule has 0 unspecified atom stereocenters. The van der Waals surface area contributed by atoms with Gasteiger partial charge in [0.2, 0.25) is 0 Å². The number of hydrogen-bond acceptors (Lipinski definition) is 3. The first-order valence-corrected chi connectivity index (χ1v) is 3.83. The summed E-state index contributed by atoms with van der Waals surface area (Å²) in [4.78, 5) is 0. The van der Waals surface area contributed by atoms with Gasteiger partial charge in [0.15, 0.2) is 0 Å². The summed E-state index contributed by atoms with van der Waals surface area (Å²) in [5.41, 5.74) is 12.4. The molecule has 1 aromatic rings. The molecule has 0 aliphatic heterocycles. The molecule has 1 rings (SSSR count). The van der Waals surface area contributed by atoms with Crippen molar-refractivity contribution in [2.45, 2.75) is 0 Å². The molecular formula is C7H9BrN2O. The summed E-state index contributed by atoms with van der Waals surface area (Å²) in [5.74, 6) is 0.631. The molecule has 0 heterocycles. The molecule has 4 N–H and O–H groups in total. The van der Waals surface area contributed by atoms with Crippen LogP contribution in [0.4, 0.5) is 11.4 Å². The Kier molecular flexibility index (Phi) is 2.24. The summed E-state index contributed by atoms with van der Waals surface area (Å²) in [5, 5.41) is 0. The lowest BCUT2D eigenvalue weighted by Gasteiger charge is -2.07. The highest BCUT2D eigenvalue weighted by atomic mass is 79.9. The first-order valence-electron chi connectivity index (χ1n) is 3.04. The van der Waals surface area contributed by atoms with E-state index in [2.05, 4.69) is 15.9 Å². The van der Waals surface area contributed by atoms with Crippen LogP contribution in [0, 0.1) is 0 Å². The average molecular weight is 217 g/mol. The molecule has 0 radical (unpaired) electrons. The SMILES string of the molecule is COc1ccc(N)c(Br)c1N. The molecule has 4 heteroatoms. The van der Waals surface area contributed by atoms with Crippen LogP contribution in [0.3, 0.4) is 0 Å². The Morgan fingerprint density at radius 2 is 2.00 bits per heavy atom. The van der Waals surface area contributed by atoms with Crippen LogP contribution in [-0.4, -0.2) is 7.11 Å². The van der Waals surface area contributed by atoms with Crippen molar-refractivity contribution < 1.29 is 4.74 Å². The van der Waals surface area contributed by atoms with Crippen molar-refractivity contribution >= 4 is 27.3 Å². The van der Waals surface area contributed by atoms with Gasteiger partial charge in [-0.3, -0.25) is 0 Å². The van der Waals surface area contributed by atoms with Gasteiger partial charge in [-0.1, -0.05) is 0 Å². The zero-order valence-electron chi connectivity index (χ0n) is 6.10. The Bertz CT molecular complexity index is 275. The third kappa shape index (κ3) is 1.40. The van der Waals surface area contributed by atoms with E-state index >= 15 is 0 Å². The Morgan fingerprint density at radius 1 is 1.36 bits per heavy atom. The van der Waals surface area contributed by atoms with Crippen molar-refractivity contribution in [2.24, 2.45) is 0 Å². The predicted octanol–water partition coefficient (Wildman–Crippen LogP) is 1.62. The third-order valence-corrected chi connectivity index (χ3v) is 2.27. The maximum Gasteiger partial charge on any atom is 0.143 e. The quantitative estimate of drug-likeness (QED) is 0.702. The third-order valence-electron chi connectivity index (χ3n) is 1.39. The second-order valence-electron chi connectivity index (χ2n) is 2.08. The van der Waals surface area contributed by atoms with Crippen LogP contribution in [0.15, 0.2) is 16.6 Å². The standard InChI is InChI=1S/C7H9BrN2O/c1-11-5-3-2-4(9)6(8)7(5)10/h2-3H,9-10H2,1H3. The molecule has 11 heavy (non-hydrogen) atoms. The number of rotatable bonds is 1. The van der Waals surface area contributed by atoms with Gasteiger partial charge in [0, 0.05) is 5.69 Å². The number of ether oxygens (including phenoxy) is 1. The highest BCUT2D eigenvalue weighted by Gasteiger charge is 2.05. The Morgan fingerprint density at radius 3 is 2.55 bits per heavy atom. The highest BCUT2D eigenvalue weighted by molar-refractivity contribution is 9.10. The van der Waals surface area contributed by atoms with Gasteiger partial charge in [-0.15, -0.1) is 0 Å². The lowest BCUT2D eigenvalue weighted by Crippen LogP contribution is -1.96. The Labute approximate surface area is 73.5 Å². The van der Waals surface area contributed by atoms with Gasteiger partial charge in [-0.05, 0) is 28.1 Å². The predicted molar refractivity (Wildman–Crippen MR) is 49.5 cm³/mol. The minimum absolute atomic E-state index is 0.535. The van der Waals surface area contributed by atoms with Crippen molar-refractivity contribution in [1.29, 1.82) is 0 Å². The van der Waals surface area contributed by atoms with Crippen LogP contribution in [-0.2, 0) is 0 Å². The largest absolute Gasteiger partial charge is 0.495 e. The lowest BCUT2D eigenvalue weighted by atomic mass is 10.2. The molecule has 0 fully saturated rings. The van der Waals surface area contributed by atoms with Gasteiger partial charge in [0.05, 0.1) is 17.3 Å². The maximum absolute atomic E-state index is 5.64. The van der Waals surface area contributed by atoms with Crippen LogP contribution < -0.4 is 16.2 Å². The zero-order chi connectivity index (χ0) is 8.43. The number of nitrogens with two attached hydrogens (primary N) is 2. The van der Waals surface area contributed by atoms with Crippen LogP contribution >= 0.6 is 15.9 Å². The smallest absolute Gasteiger partial charge is 0.143 e. The van der Waals surface area contributed by atoms with Gasteiger partial charge in [0.25, 0.3) is 0 Å². The minimum Gasteiger partial charge on any atom is -0.495 e. The molecule has 0 atom stereocenters. The van der Waals surface area contributed by atoms with E-state index in [1.54, 1.807) is 19.2 Å². The lowest BCUT2D eigenvalue weighted by molar-refractivity contribution is 0.417. The van der Waals surface area contributed by atoms with E-state index in [1.807, 2.05) is 0 Å². The molecule has 0 aliphatic rings. The summed E-state index contributed by atoms with van der Waals surface area (Å²) in [6.07, 6.45) is 0. The molecule has 0 spiro atoms. The molecule has 0 aromatic heterocycles. The van der Waals surface area contributed by atoms with E-state index in [0.29, 0.717) is 21.6 Å². The average Bonchev–Trinajstić information content (AvgIpc) is 2.01. The van der Waals surface area contributed by atoms with Crippen molar-refractivity contribution in [3.05, 3.63) is 16.6 Å². The molecule has 1 aromatic carbocycles. The first kappa shape index (κ1) is 8.20. The fourth-order valence-corrected chi connectivity index (χ4v) is 1.10. The molecule has 0 aliphatic carbocycles. The summed E-state index contributed by atoms with van der Waals surface area (Å²) in [7, 11) is 1.56. The van der Waals surface area contributed by atoms with E-state index in [0.717, 1.165) is 0 Å². The topological polar surface area (TPSA) is 61.3 Å². The van der Waals surface area contributed by atoms with Crippen LogP contribution in [0.25, 0.3) is 0 Å². The summed E-state index contributed by atoms with van der Waals surface area (Å²) < 4.78 is 5.66. The fourth-order valence-electron chi connectivity index (χ4n) is 0.770. The van der Waals surface area contributed by atoms with Crippen molar-refractivity contribution in [3.8, 4) is 5.75 Å². The van der Waals surface area contributed by atoms with Gasteiger partial charge in [-0.2, -0.15) is 0 Å². The molecule has 0 saturated heterocycles. The van der Waals surface area contributed by atoms with E-state index in [4.69, 9.17) is 16.2 Å². The maximum atomic E-state index is 5.64. The summed E-state index contributed by atoms with van der Waals surface area (Å²) in [6, 6.07) is 3.47. The number of hydrogen-bond donors (Lipinski definition) is 2. The zero-order valence-corrected chi connectivity index (χ0v) is 7.68. The van der Waals surface area contributed by atoms with E-state index < -0.39 is 0 Å². The monoisotopic (exact) mass is 216 g/mol. The van der Waals surface area contributed by atoms with Gasteiger partial charge < -0.3 is 16.2 Å². The van der Waals surface area contributed by atoms with Crippen molar-refractivity contribution in [2.75, 3.05) is 18.6 Å². The molecule has 3 nitrogen and oxygen atoms in total. The number of halogens is 1. The number of methoxy groups -OCH3 is 1. The second-order valence-corrected chi connectivity index (χ2v) is 2.88. The van der Waals surface area contributed by atoms with Crippen LogP contribution in [0.1, 0.15) is 0 Å². The van der Waals surface area contributed by atoms with E-state index in [-0.39, 0.29) is 0 Å². The normalized spacial score (nSPS) is 9.64. The Hall–Kier alpha value is -0.900. The van der Waals surface area contributed by atoms with Gasteiger partial charge >= 0.3 is 0 Å². The molecule has 0 bridgehead atoms. The number of anilines is 2. The van der Waals surface area contributed by atoms with Crippen molar-refractivity contribution in [1.82, 2.24) is 0 Å². The molecule has 0 amide bonds. The number of nitrogen functional groups attached to an aromatic ring is 2. The number of benzene rings is 1. The molecular weight excluding hydrogens is 208 g/mol. The molecule has 60 valence electrons. The van der Waals surface area contributed by atoms with Crippen molar-refractivity contribution in [3.63, 3.8) is 0 Å². The Balaban J connectivity index is 3.25. The first-order chi connectivity index (χ1) is 5.16. The highest BCUT2D eigenvalue weighted by Crippen LogP contribution is 2.33. The molecule has 0 saturated carbocycles. The van der Waals surface area contributed by atoms with E-state index in [1.165, 1.54) is 0 Å². The summed E-state index contributed by atoms with van der Waals surface area (Å²) >= 11 is 3.24. The minimum atomic E-state index is 0.535. The van der Waals surface area contributed by atoms with Gasteiger partial charge in [0.1, 0.15) is 5.75 Å². The van der Waals surface area contributed by atoms with Crippen LogP contribution in [0.2, 0.25) is 0 Å². The van der Waals surface area contributed by atoms with E-state index in [9.17, 15) is 0 Å². The summed E-state index contributed by atoms with van der Waals surface area (Å²) in [6.45, 7) is 0.